The van der Waals surface area contributed by atoms with Crippen molar-refractivity contribution in [2.45, 2.75) is 20.0 Å². The van der Waals surface area contributed by atoms with Crippen molar-refractivity contribution in [2.75, 3.05) is 17.6 Å². The normalized spacial score (nSPS) is 12.9. The van der Waals surface area contributed by atoms with Gasteiger partial charge in [-0.25, -0.2) is 9.97 Å². The summed E-state index contributed by atoms with van der Waals surface area (Å²) in [5.74, 6) is 0.783. The molecule has 0 spiro atoms. The first-order valence-electron chi connectivity index (χ1n) is 4.58. The number of aliphatic hydroxyl groups excluding tert-OH is 1. The number of nitrogen functional groups attached to an aromatic ring is 1. The van der Waals surface area contributed by atoms with Gasteiger partial charge in [0.2, 0.25) is 0 Å². The molecule has 0 aliphatic heterocycles. The van der Waals surface area contributed by atoms with Crippen LogP contribution in [0.25, 0.3) is 0 Å². The Hall–Kier alpha value is -1.36. The molecule has 78 valence electrons. The number of hydrogen-bond donors (Lipinski definition) is 3. The van der Waals surface area contributed by atoms with Crippen LogP contribution >= 0.6 is 0 Å². The van der Waals surface area contributed by atoms with Crippen molar-refractivity contribution in [1.29, 1.82) is 0 Å². The molecule has 1 unspecified atom stereocenters. The second-order valence-electron chi connectivity index (χ2n) is 3.52. The SMILES string of the molecule is CC(C)C(O)CNc1ncncc1N. The molecule has 0 aromatic carbocycles. The van der Waals surface area contributed by atoms with Gasteiger partial charge in [0.05, 0.1) is 18.0 Å². The number of aliphatic hydroxyl groups is 1. The highest BCUT2D eigenvalue weighted by atomic mass is 16.3. The molecule has 0 saturated heterocycles. The van der Waals surface area contributed by atoms with Crippen molar-refractivity contribution in [2.24, 2.45) is 5.92 Å². The Morgan fingerprint density at radius 2 is 2.29 bits per heavy atom. The fraction of sp³-hybridized carbons (Fsp3) is 0.556. The molecule has 0 bridgehead atoms. The summed E-state index contributed by atoms with van der Waals surface area (Å²) >= 11 is 0. The molecular formula is C9H16N4O. The van der Waals surface area contributed by atoms with Crippen molar-refractivity contribution in [3.8, 4) is 0 Å². The van der Waals surface area contributed by atoms with Crippen LogP contribution < -0.4 is 11.1 Å². The van der Waals surface area contributed by atoms with Gasteiger partial charge in [-0.15, -0.1) is 0 Å². The molecule has 1 rings (SSSR count). The molecule has 1 aromatic heterocycles. The van der Waals surface area contributed by atoms with Gasteiger partial charge in [0, 0.05) is 6.54 Å². The van der Waals surface area contributed by atoms with Crippen LogP contribution in [-0.4, -0.2) is 27.7 Å². The van der Waals surface area contributed by atoms with E-state index in [2.05, 4.69) is 15.3 Å². The molecule has 0 aliphatic carbocycles. The molecule has 0 amide bonds. The maximum absolute atomic E-state index is 9.53. The first kappa shape index (κ1) is 10.7. The molecule has 1 heterocycles. The third-order valence-corrected chi connectivity index (χ3v) is 1.99. The van der Waals surface area contributed by atoms with Crippen molar-refractivity contribution in [3.63, 3.8) is 0 Å². The highest BCUT2D eigenvalue weighted by molar-refractivity contribution is 5.58. The van der Waals surface area contributed by atoms with E-state index in [0.29, 0.717) is 18.1 Å². The number of aromatic nitrogens is 2. The summed E-state index contributed by atoms with van der Waals surface area (Å²) < 4.78 is 0. The second-order valence-corrected chi connectivity index (χ2v) is 3.52. The average Bonchev–Trinajstić information content (AvgIpc) is 2.16. The van der Waals surface area contributed by atoms with E-state index in [1.165, 1.54) is 12.5 Å². The van der Waals surface area contributed by atoms with E-state index < -0.39 is 6.10 Å². The van der Waals surface area contributed by atoms with E-state index in [-0.39, 0.29) is 5.92 Å². The molecule has 0 aliphatic rings. The van der Waals surface area contributed by atoms with Crippen molar-refractivity contribution < 1.29 is 5.11 Å². The molecule has 5 heteroatoms. The van der Waals surface area contributed by atoms with Crippen LogP contribution in [0.4, 0.5) is 11.5 Å². The molecule has 4 N–H and O–H groups in total. The molecular weight excluding hydrogens is 180 g/mol. The largest absolute Gasteiger partial charge is 0.394 e. The van der Waals surface area contributed by atoms with Gasteiger partial charge in [0.1, 0.15) is 6.33 Å². The third kappa shape index (κ3) is 2.85. The summed E-state index contributed by atoms with van der Waals surface area (Å²) in [5, 5.41) is 12.5. The summed E-state index contributed by atoms with van der Waals surface area (Å²) in [7, 11) is 0. The van der Waals surface area contributed by atoms with Crippen LogP contribution in [0.3, 0.4) is 0 Å². The molecule has 0 radical (unpaired) electrons. The number of nitrogens with two attached hydrogens (primary N) is 1. The van der Waals surface area contributed by atoms with Gasteiger partial charge in [-0.05, 0) is 5.92 Å². The standard InChI is InChI=1S/C9H16N4O/c1-6(2)8(14)4-12-9-7(10)3-11-5-13-9/h3,5-6,8,14H,4,10H2,1-2H3,(H,11,12,13). The zero-order valence-electron chi connectivity index (χ0n) is 8.44. The van der Waals surface area contributed by atoms with Gasteiger partial charge < -0.3 is 16.2 Å². The van der Waals surface area contributed by atoms with Gasteiger partial charge in [-0.2, -0.15) is 0 Å². The van der Waals surface area contributed by atoms with Gasteiger partial charge in [0.15, 0.2) is 5.82 Å². The van der Waals surface area contributed by atoms with E-state index in [4.69, 9.17) is 5.73 Å². The quantitative estimate of drug-likeness (QED) is 0.652. The molecule has 0 saturated carbocycles. The van der Waals surface area contributed by atoms with Gasteiger partial charge in [-0.1, -0.05) is 13.8 Å². The third-order valence-electron chi connectivity index (χ3n) is 1.99. The number of hydrogen-bond acceptors (Lipinski definition) is 5. The zero-order chi connectivity index (χ0) is 10.6. The summed E-state index contributed by atoms with van der Waals surface area (Å²) in [6, 6.07) is 0. The first-order chi connectivity index (χ1) is 6.61. The number of nitrogens with one attached hydrogen (secondary N) is 1. The Labute approximate surface area is 83.4 Å². The minimum Gasteiger partial charge on any atom is -0.394 e. The topological polar surface area (TPSA) is 84.1 Å². The average molecular weight is 196 g/mol. The molecule has 14 heavy (non-hydrogen) atoms. The van der Waals surface area contributed by atoms with Crippen LogP contribution in [0, 0.1) is 5.92 Å². The Morgan fingerprint density at radius 1 is 1.57 bits per heavy atom. The zero-order valence-corrected chi connectivity index (χ0v) is 8.44. The van der Waals surface area contributed by atoms with Gasteiger partial charge in [-0.3, -0.25) is 0 Å². The Kier molecular flexibility index (Phi) is 3.64. The Bertz CT molecular complexity index is 290. The van der Waals surface area contributed by atoms with E-state index >= 15 is 0 Å². The van der Waals surface area contributed by atoms with Crippen LogP contribution in [0.2, 0.25) is 0 Å². The lowest BCUT2D eigenvalue weighted by Crippen LogP contribution is -2.25. The number of rotatable bonds is 4. The van der Waals surface area contributed by atoms with Crippen molar-refractivity contribution in [1.82, 2.24) is 9.97 Å². The highest BCUT2D eigenvalue weighted by Gasteiger charge is 2.09. The van der Waals surface area contributed by atoms with Crippen LogP contribution in [-0.2, 0) is 0 Å². The number of nitrogens with zero attached hydrogens (tertiary/aromatic N) is 2. The predicted molar refractivity (Wildman–Crippen MR) is 55.8 cm³/mol. The highest BCUT2D eigenvalue weighted by Crippen LogP contribution is 2.12. The van der Waals surface area contributed by atoms with Crippen molar-refractivity contribution in [3.05, 3.63) is 12.5 Å². The molecule has 1 aromatic rings. The Balaban J connectivity index is 2.50. The summed E-state index contributed by atoms with van der Waals surface area (Å²) in [5.41, 5.74) is 6.10. The van der Waals surface area contributed by atoms with Gasteiger partial charge >= 0.3 is 0 Å². The van der Waals surface area contributed by atoms with Crippen LogP contribution in [0.1, 0.15) is 13.8 Å². The van der Waals surface area contributed by atoms with E-state index in [9.17, 15) is 5.11 Å². The fourth-order valence-electron chi connectivity index (χ4n) is 0.925. The smallest absolute Gasteiger partial charge is 0.152 e. The first-order valence-corrected chi connectivity index (χ1v) is 4.58. The summed E-state index contributed by atoms with van der Waals surface area (Å²) in [6.07, 6.45) is 2.54. The van der Waals surface area contributed by atoms with E-state index in [0.717, 1.165) is 0 Å². The lowest BCUT2D eigenvalue weighted by Gasteiger charge is -2.15. The molecule has 1 atom stereocenters. The molecule has 5 nitrogen and oxygen atoms in total. The molecule has 0 fully saturated rings. The Morgan fingerprint density at radius 3 is 2.86 bits per heavy atom. The minimum absolute atomic E-state index is 0.213. The maximum atomic E-state index is 9.53. The second kappa shape index (κ2) is 4.76. The lowest BCUT2D eigenvalue weighted by molar-refractivity contribution is 0.138. The number of anilines is 2. The van der Waals surface area contributed by atoms with Crippen LogP contribution in [0.15, 0.2) is 12.5 Å². The summed E-state index contributed by atoms with van der Waals surface area (Å²) in [4.78, 5) is 7.72. The van der Waals surface area contributed by atoms with Crippen LogP contribution in [0.5, 0.6) is 0 Å². The maximum Gasteiger partial charge on any atom is 0.152 e. The lowest BCUT2D eigenvalue weighted by atomic mass is 10.1. The van der Waals surface area contributed by atoms with E-state index in [1.807, 2.05) is 13.8 Å². The van der Waals surface area contributed by atoms with Gasteiger partial charge in [0.25, 0.3) is 0 Å². The van der Waals surface area contributed by atoms with Crippen molar-refractivity contribution >= 4 is 11.5 Å². The minimum atomic E-state index is -0.399. The monoisotopic (exact) mass is 196 g/mol. The van der Waals surface area contributed by atoms with E-state index in [1.54, 1.807) is 0 Å². The fourth-order valence-corrected chi connectivity index (χ4v) is 0.925. The summed E-state index contributed by atoms with van der Waals surface area (Å²) in [6.45, 7) is 4.35. The predicted octanol–water partition coefficient (Wildman–Crippen LogP) is 0.488.